The lowest BCUT2D eigenvalue weighted by Gasteiger charge is -2.14. The van der Waals surface area contributed by atoms with Gasteiger partial charge in [-0.25, -0.2) is 5.01 Å². The molecule has 0 aromatic heterocycles. The zero-order chi connectivity index (χ0) is 21.3. The first-order valence-electron chi connectivity index (χ1n) is 9.96. The van der Waals surface area contributed by atoms with E-state index in [0.29, 0.717) is 13.0 Å². The maximum Gasteiger partial charge on any atom is 0.306 e. The van der Waals surface area contributed by atoms with Crippen molar-refractivity contribution in [3.05, 3.63) is 71.8 Å². The third-order valence-corrected chi connectivity index (χ3v) is 4.78. The van der Waals surface area contributed by atoms with Crippen LogP contribution in [-0.2, 0) is 19.1 Å². The number of amides is 2. The van der Waals surface area contributed by atoms with Crippen LogP contribution in [0.4, 0.5) is 0 Å². The second-order valence-electron chi connectivity index (χ2n) is 7.04. The fraction of sp³-hybridized carbons (Fsp3) is 0.304. The second kappa shape index (κ2) is 10.3. The van der Waals surface area contributed by atoms with Crippen LogP contribution in [-0.4, -0.2) is 41.7 Å². The van der Waals surface area contributed by atoms with Gasteiger partial charge in [-0.15, -0.1) is 0 Å². The molecule has 1 heterocycles. The number of nitrogens with zero attached hydrogens (tertiary/aromatic N) is 2. The number of ether oxygens (including phenoxy) is 1. The smallest absolute Gasteiger partial charge is 0.306 e. The van der Waals surface area contributed by atoms with E-state index in [1.54, 1.807) is 0 Å². The van der Waals surface area contributed by atoms with Gasteiger partial charge in [0.25, 0.3) is 5.91 Å². The first-order chi connectivity index (χ1) is 14.5. The monoisotopic (exact) mass is 407 g/mol. The molecule has 0 bridgehead atoms. The van der Waals surface area contributed by atoms with Gasteiger partial charge in [0, 0.05) is 12.8 Å². The fourth-order valence-corrected chi connectivity index (χ4v) is 3.14. The third-order valence-electron chi connectivity index (χ3n) is 4.78. The summed E-state index contributed by atoms with van der Waals surface area (Å²) in [7, 11) is 0. The van der Waals surface area contributed by atoms with E-state index in [1.165, 1.54) is 5.01 Å². The molecule has 2 aromatic rings. The van der Waals surface area contributed by atoms with Gasteiger partial charge in [0.05, 0.1) is 24.7 Å². The van der Waals surface area contributed by atoms with Crippen LogP contribution >= 0.6 is 0 Å². The van der Waals surface area contributed by atoms with Gasteiger partial charge in [0.15, 0.2) is 6.61 Å². The first kappa shape index (κ1) is 21.2. The molecule has 7 heteroatoms. The molecule has 0 saturated heterocycles. The van der Waals surface area contributed by atoms with Crippen LogP contribution in [0, 0.1) is 0 Å². The zero-order valence-corrected chi connectivity index (χ0v) is 16.9. The number of nitrogens with one attached hydrogen (secondary N) is 1. The van der Waals surface area contributed by atoms with E-state index in [9.17, 15) is 14.4 Å². The number of hydrogen-bond donors (Lipinski definition) is 1. The van der Waals surface area contributed by atoms with Gasteiger partial charge < -0.3 is 10.1 Å². The maximum atomic E-state index is 12.3. The van der Waals surface area contributed by atoms with E-state index in [4.69, 9.17) is 4.74 Å². The highest BCUT2D eigenvalue weighted by molar-refractivity contribution is 6.02. The lowest BCUT2D eigenvalue weighted by molar-refractivity contribution is -0.150. The van der Waals surface area contributed by atoms with Crippen molar-refractivity contribution in [1.29, 1.82) is 0 Å². The molecule has 0 spiro atoms. The number of rotatable bonds is 8. The van der Waals surface area contributed by atoms with Gasteiger partial charge in [0.1, 0.15) is 0 Å². The Hall–Kier alpha value is -3.48. The van der Waals surface area contributed by atoms with Crippen LogP contribution in [0.5, 0.6) is 0 Å². The van der Waals surface area contributed by atoms with Crippen LogP contribution in [0.1, 0.15) is 43.4 Å². The Morgan fingerprint density at radius 1 is 1.03 bits per heavy atom. The fourth-order valence-electron chi connectivity index (χ4n) is 3.14. The molecule has 0 aliphatic carbocycles. The summed E-state index contributed by atoms with van der Waals surface area (Å²) < 4.78 is 4.99. The van der Waals surface area contributed by atoms with Crippen LogP contribution in [0.3, 0.4) is 0 Å². The van der Waals surface area contributed by atoms with Crippen molar-refractivity contribution >= 4 is 23.5 Å². The van der Waals surface area contributed by atoms with Crippen molar-refractivity contribution in [2.24, 2.45) is 5.10 Å². The summed E-state index contributed by atoms with van der Waals surface area (Å²) in [5.74, 6) is -1.21. The molecule has 30 heavy (non-hydrogen) atoms. The van der Waals surface area contributed by atoms with Gasteiger partial charge in [-0.3, -0.25) is 14.4 Å². The number of carbonyl (C=O) groups excluding carboxylic acids is 3. The standard InChI is InChI=1S/C23H25N3O4/c1-17(18-8-4-2-5-9-18)24-21(27)16-30-23(29)13-12-22(28)26-15-14-20(25-26)19-10-6-3-7-11-19/h2-11,17H,12-16H2,1H3,(H,24,27)/t17-/m0/s1. The molecule has 7 nitrogen and oxygen atoms in total. The van der Waals surface area contributed by atoms with Gasteiger partial charge >= 0.3 is 5.97 Å². The molecule has 1 atom stereocenters. The Bertz CT molecular complexity index is 913. The molecule has 156 valence electrons. The Labute approximate surface area is 175 Å². The summed E-state index contributed by atoms with van der Waals surface area (Å²) in [6.07, 6.45) is 0.583. The summed E-state index contributed by atoms with van der Waals surface area (Å²) in [5.41, 5.74) is 2.81. The second-order valence-corrected chi connectivity index (χ2v) is 7.04. The van der Waals surface area contributed by atoms with Gasteiger partial charge in [-0.05, 0) is 18.1 Å². The van der Waals surface area contributed by atoms with Crippen LogP contribution in [0.2, 0.25) is 0 Å². The summed E-state index contributed by atoms with van der Waals surface area (Å²) in [6.45, 7) is 1.98. The Morgan fingerprint density at radius 2 is 1.70 bits per heavy atom. The van der Waals surface area contributed by atoms with Gasteiger partial charge in [-0.1, -0.05) is 60.7 Å². The molecule has 2 aromatic carbocycles. The lowest BCUT2D eigenvalue weighted by atomic mass is 10.1. The average molecular weight is 407 g/mol. The molecule has 0 fully saturated rings. The third kappa shape index (κ3) is 6.01. The van der Waals surface area contributed by atoms with Crippen molar-refractivity contribution in [2.45, 2.75) is 32.2 Å². The van der Waals surface area contributed by atoms with Crippen LogP contribution in [0.25, 0.3) is 0 Å². The van der Waals surface area contributed by atoms with Crippen LogP contribution in [0.15, 0.2) is 65.8 Å². The number of hydrazone groups is 1. The van der Waals surface area contributed by atoms with E-state index >= 15 is 0 Å². The average Bonchev–Trinajstić information content (AvgIpc) is 3.28. The zero-order valence-electron chi connectivity index (χ0n) is 16.9. The van der Waals surface area contributed by atoms with E-state index in [0.717, 1.165) is 16.8 Å². The van der Waals surface area contributed by atoms with E-state index < -0.39 is 5.97 Å². The highest BCUT2D eigenvalue weighted by Crippen LogP contribution is 2.15. The predicted octanol–water partition coefficient (Wildman–Crippen LogP) is 2.82. The predicted molar refractivity (Wildman–Crippen MR) is 113 cm³/mol. The molecule has 0 unspecified atom stereocenters. The summed E-state index contributed by atoms with van der Waals surface area (Å²) >= 11 is 0. The van der Waals surface area contributed by atoms with Crippen molar-refractivity contribution in [3.63, 3.8) is 0 Å². The normalized spacial score (nSPS) is 14.0. The summed E-state index contributed by atoms with van der Waals surface area (Å²) in [5, 5.41) is 8.52. The Kier molecular flexibility index (Phi) is 7.32. The molecule has 1 N–H and O–H groups in total. The van der Waals surface area contributed by atoms with Crippen molar-refractivity contribution in [1.82, 2.24) is 10.3 Å². The minimum atomic E-state index is -0.586. The van der Waals surface area contributed by atoms with Crippen LogP contribution < -0.4 is 5.32 Å². The molecule has 3 rings (SSSR count). The van der Waals surface area contributed by atoms with Crippen molar-refractivity contribution in [3.8, 4) is 0 Å². The Morgan fingerprint density at radius 3 is 2.40 bits per heavy atom. The molecule has 2 amide bonds. The minimum absolute atomic E-state index is 0.00750. The molecule has 0 saturated carbocycles. The molecular weight excluding hydrogens is 382 g/mol. The highest BCUT2D eigenvalue weighted by atomic mass is 16.5. The molecule has 0 radical (unpaired) electrons. The van der Waals surface area contributed by atoms with Crippen molar-refractivity contribution < 1.29 is 19.1 Å². The molecule has 1 aliphatic rings. The van der Waals surface area contributed by atoms with E-state index in [-0.39, 0.29) is 37.3 Å². The number of hydrogen-bond acceptors (Lipinski definition) is 5. The maximum absolute atomic E-state index is 12.3. The summed E-state index contributed by atoms with van der Waals surface area (Å²) in [6, 6.07) is 19.0. The molecular formula is C23H25N3O4. The van der Waals surface area contributed by atoms with Crippen molar-refractivity contribution in [2.75, 3.05) is 13.2 Å². The number of esters is 1. The highest BCUT2D eigenvalue weighted by Gasteiger charge is 2.22. The molecule has 1 aliphatic heterocycles. The Balaban J connectivity index is 1.38. The summed E-state index contributed by atoms with van der Waals surface area (Å²) in [4.78, 5) is 36.2. The largest absolute Gasteiger partial charge is 0.456 e. The number of benzene rings is 2. The van der Waals surface area contributed by atoms with E-state index in [2.05, 4.69) is 10.4 Å². The SMILES string of the molecule is C[C@H](NC(=O)COC(=O)CCC(=O)N1CCC(c2ccccc2)=N1)c1ccccc1. The topological polar surface area (TPSA) is 88.1 Å². The van der Waals surface area contributed by atoms with E-state index in [1.807, 2.05) is 67.6 Å². The first-order valence-corrected chi connectivity index (χ1v) is 9.96. The van der Waals surface area contributed by atoms with Gasteiger partial charge in [-0.2, -0.15) is 5.10 Å². The quantitative estimate of drug-likeness (QED) is 0.682. The number of carbonyl (C=O) groups is 3. The van der Waals surface area contributed by atoms with Gasteiger partial charge in [0.2, 0.25) is 5.91 Å². The minimum Gasteiger partial charge on any atom is -0.456 e. The lowest BCUT2D eigenvalue weighted by Crippen LogP contribution is -2.31.